The van der Waals surface area contributed by atoms with Gasteiger partial charge in [0.05, 0.1) is 6.10 Å². The molecule has 1 nitrogen and oxygen atoms in total. The minimum Gasteiger partial charge on any atom is -0.358 e. The molecule has 0 aliphatic rings. The summed E-state index contributed by atoms with van der Waals surface area (Å²) >= 11 is 0. The monoisotopic (exact) mass is 346 g/mol. The maximum absolute atomic E-state index is 5.28. The fourth-order valence-corrected chi connectivity index (χ4v) is 2.26. The van der Waals surface area contributed by atoms with Crippen LogP contribution in [0.1, 0.15) is 52.9 Å². The molecule has 0 saturated carbocycles. The molecule has 134 valence electrons. The van der Waals surface area contributed by atoms with Crippen LogP contribution in [0.2, 0.25) is 0 Å². The molecule has 24 heavy (non-hydrogen) atoms. The van der Waals surface area contributed by atoms with E-state index in [1.165, 1.54) is 0 Å². The van der Waals surface area contributed by atoms with Crippen LogP contribution in [0.5, 0.6) is 0 Å². The van der Waals surface area contributed by atoms with Gasteiger partial charge >= 0.3 is 0 Å². The summed E-state index contributed by atoms with van der Waals surface area (Å²) in [4.78, 5) is 0. The molecule has 0 saturated heterocycles. The van der Waals surface area contributed by atoms with Gasteiger partial charge in [-0.1, -0.05) is 93.2 Å². The summed E-state index contributed by atoms with van der Waals surface area (Å²) in [6, 6.07) is 0. The van der Waals surface area contributed by atoms with Gasteiger partial charge in [-0.2, -0.15) is 0 Å². The van der Waals surface area contributed by atoms with Gasteiger partial charge in [0.25, 0.3) is 0 Å². The van der Waals surface area contributed by atoms with Crippen molar-refractivity contribution in [3.8, 4) is 0 Å². The fourth-order valence-electron chi connectivity index (χ4n) is 2.03. The molecule has 0 heterocycles. The summed E-state index contributed by atoms with van der Waals surface area (Å²) in [6.45, 7) is 6.47. The van der Waals surface area contributed by atoms with Gasteiger partial charge in [0.15, 0.2) is 0 Å². The maximum Gasteiger partial charge on any atom is 0.0794 e. The van der Waals surface area contributed by atoms with Crippen molar-refractivity contribution in [2.24, 2.45) is 5.92 Å². The molecule has 2 heteroatoms. The van der Waals surface area contributed by atoms with E-state index >= 15 is 0 Å². The lowest BCUT2D eigenvalue weighted by Gasteiger charge is -2.07. The van der Waals surface area contributed by atoms with Crippen LogP contribution < -0.4 is 0 Å². The van der Waals surface area contributed by atoms with E-state index in [1.54, 1.807) is 0 Å². The van der Waals surface area contributed by atoms with Crippen molar-refractivity contribution in [3.63, 3.8) is 0 Å². The van der Waals surface area contributed by atoms with E-state index in [4.69, 9.17) is 4.52 Å². The summed E-state index contributed by atoms with van der Waals surface area (Å²) in [5.41, 5.74) is 0. The maximum atomic E-state index is 5.28. The number of allylic oxidation sites excluding steroid dienone is 11. The molecular formula is C22H35OP. The number of hydrogen-bond donors (Lipinski definition) is 0. The normalized spacial score (nSPS) is 16.0. The van der Waals surface area contributed by atoms with Gasteiger partial charge in [0.1, 0.15) is 0 Å². The van der Waals surface area contributed by atoms with Gasteiger partial charge in [0, 0.05) is 9.47 Å². The summed E-state index contributed by atoms with van der Waals surface area (Å²) in [6.07, 6.45) is 31.3. The number of rotatable bonds is 13. The minimum atomic E-state index is 0.207. The molecule has 0 N–H and O–H groups in total. The highest BCUT2D eigenvalue weighted by molar-refractivity contribution is 7.09. The Kier molecular flexibility index (Phi) is 17.3. The van der Waals surface area contributed by atoms with Gasteiger partial charge < -0.3 is 4.52 Å². The first-order valence-electron chi connectivity index (χ1n) is 9.02. The van der Waals surface area contributed by atoms with Crippen molar-refractivity contribution in [3.05, 3.63) is 72.9 Å². The Hall–Kier alpha value is -1.17. The lowest BCUT2D eigenvalue weighted by Crippen LogP contribution is -2.01. The number of hydrogen-bond acceptors (Lipinski definition) is 1. The third-order valence-corrected chi connectivity index (χ3v) is 3.81. The zero-order valence-corrected chi connectivity index (χ0v) is 16.8. The van der Waals surface area contributed by atoms with Gasteiger partial charge in [0.2, 0.25) is 0 Å². The second-order valence-electron chi connectivity index (χ2n) is 5.81. The van der Waals surface area contributed by atoms with Crippen LogP contribution in [0, 0.1) is 5.92 Å². The highest BCUT2D eigenvalue weighted by Gasteiger charge is 1.98. The fraction of sp³-hybridized carbons (Fsp3) is 0.455. The average molecular weight is 346 g/mol. The Bertz CT molecular complexity index is 441. The van der Waals surface area contributed by atoms with Gasteiger partial charge in [-0.05, 0) is 38.5 Å². The predicted molar refractivity (Wildman–Crippen MR) is 113 cm³/mol. The first-order chi connectivity index (χ1) is 11.7. The zero-order valence-electron chi connectivity index (χ0n) is 15.6. The van der Waals surface area contributed by atoms with Crippen LogP contribution in [0.25, 0.3) is 0 Å². The molecule has 0 aromatic carbocycles. The Morgan fingerprint density at radius 3 is 2.04 bits per heavy atom. The molecule has 3 unspecified atom stereocenters. The van der Waals surface area contributed by atoms with Crippen LogP contribution in [-0.4, -0.2) is 6.10 Å². The Morgan fingerprint density at radius 2 is 1.50 bits per heavy atom. The summed E-state index contributed by atoms with van der Waals surface area (Å²) in [5, 5.41) is 0. The average Bonchev–Trinajstić information content (AvgIpc) is 2.59. The van der Waals surface area contributed by atoms with E-state index in [2.05, 4.69) is 103 Å². The molecule has 0 aromatic heterocycles. The molecule has 0 spiro atoms. The van der Waals surface area contributed by atoms with Crippen LogP contribution in [0.3, 0.4) is 0 Å². The molecule has 0 aliphatic heterocycles. The Balaban J connectivity index is 3.82. The van der Waals surface area contributed by atoms with Gasteiger partial charge in [-0.3, -0.25) is 0 Å². The Labute approximate surface area is 152 Å². The minimum absolute atomic E-state index is 0.207. The van der Waals surface area contributed by atoms with E-state index in [0.29, 0.717) is 5.92 Å². The summed E-state index contributed by atoms with van der Waals surface area (Å²) in [5.74, 6) is 0.605. The van der Waals surface area contributed by atoms with Crippen LogP contribution in [-0.2, 0) is 4.52 Å². The molecule has 3 atom stereocenters. The van der Waals surface area contributed by atoms with Crippen molar-refractivity contribution >= 4 is 9.47 Å². The lowest BCUT2D eigenvalue weighted by atomic mass is 10.1. The topological polar surface area (TPSA) is 9.23 Å². The van der Waals surface area contributed by atoms with Crippen molar-refractivity contribution in [1.29, 1.82) is 0 Å². The van der Waals surface area contributed by atoms with Crippen molar-refractivity contribution in [2.75, 3.05) is 0 Å². The summed E-state index contributed by atoms with van der Waals surface area (Å²) < 4.78 is 5.28. The van der Waals surface area contributed by atoms with E-state index in [0.717, 1.165) is 32.1 Å². The molecule has 0 fully saturated rings. The highest BCUT2D eigenvalue weighted by atomic mass is 31.0. The smallest absolute Gasteiger partial charge is 0.0794 e. The van der Waals surface area contributed by atoms with Crippen molar-refractivity contribution < 1.29 is 4.52 Å². The summed E-state index contributed by atoms with van der Waals surface area (Å²) in [7, 11) is 2.34. The highest BCUT2D eigenvalue weighted by Crippen LogP contribution is 2.07. The van der Waals surface area contributed by atoms with E-state index in [1.807, 2.05) is 0 Å². The first kappa shape index (κ1) is 22.8. The SMILES string of the molecule is CC=CCC(C)C=CC=CCC=CCC=CC=CC(CCC)OP. The third kappa shape index (κ3) is 15.7. The Morgan fingerprint density at radius 1 is 0.875 bits per heavy atom. The molecule has 0 bridgehead atoms. The third-order valence-electron chi connectivity index (χ3n) is 3.46. The van der Waals surface area contributed by atoms with Crippen molar-refractivity contribution in [2.45, 2.75) is 59.0 Å². The molecule has 0 radical (unpaired) electrons. The first-order valence-corrected chi connectivity index (χ1v) is 9.50. The second-order valence-corrected chi connectivity index (χ2v) is 6.09. The van der Waals surface area contributed by atoms with Crippen LogP contribution in [0.15, 0.2) is 72.9 Å². The lowest BCUT2D eigenvalue weighted by molar-refractivity contribution is 0.279. The van der Waals surface area contributed by atoms with E-state index in [-0.39, 0.29) is 6.10 Å². The molecular weight excluding hydrogens is 311 g/mol. The molecule has 0 amide bonds. The predicted octanol–water partition coefficient (Wildman–Crippen LogP) is 7.13. The zero-order chi connectivity index (χ0) is 17.9. The van der Waals surface area contributed by atoms with Gasteiger partial charge in [-0.25, -0.2) is 0 Å². The van der Waals surface area contributed by atoms with Crippen LogP contribution in [0.4, 0.5) is 0 Å². The standard InChI is InChI=1S/C22H35OP/c1-4-6-18-21(3)19-15-13-11-9-7-8-10-12-14-16-20-22(23-24)17-5-2/h4,6-8,11-16,19-22H,5,9-10,17-18,24H2,1-3H3. The van der Waals surface area contributed by atoms with Crippen molar-refractivity contribution in [1.82, 2.24) is 0 Å². The van der Waals surface area contributed by atoms with Crippen LogP contribution >= 0.6 is 9.47 Å². The second kappa shape index (κ2) is 18.2. The van der Waals surface area contributed by atoms with E-state index < -0.39 is 0 Å². The molecule has 0 aliphatic carbocycles. The largest absolute Gasteiger partial charge is 0.358 e. The van der Waals surface area contributed by atoms with Gasteiger partial charge in [-0.15, -0.1) is 0 Å². The molecule has 0 aromatic rings. The quantitative estimate of drug-likeness (QED) is 0.196. The molecule has 0 rings (SSSR count). The van der Waals surface area contributed by atoms with E-state index in [9.17, 15) is 0 Å².